The summed E-state index contributed by atoms with van der Waals surface area (Å²) in [6.07, 6.45) is 0. The Morgan fingerprint density at radius 2 is 1.89 bits per heavy atom. The van der Waals surface area contributed by atoms with Crippen molar-refractivity contribution in [3.8, 4) is 0 Å². The summed E-state index contributed by atoms with van der Waals surface area (Å²) in [6.45, 7) is 0. The van der Waals surface area contributed by atoms with Crippen LogP contribution in [-0.4, -0.2) is 5.78 Å². The molecule has 6 heteroatoms. The van der Waals surface area contributed by atoms with Crippen LogP contribution in [0.25, 0.3) is 0 Å². The second-order valence-corrected chi connectivity index (χ2v) is 5.46. The molecule has 0 atom stereocenters. The first kappa shape index (κ1) is 14.3. The second-order valence-electron chi connectivity index (χ2n) is 3.82. The van der Waals surface area contributed by atoms with E-state index < -0.39 is 5.82 Å². The predicted octanol–water partition coefficient (Wildman–Crippen LogP) is 4.71. The second kappa shape index (κ2) is 5.49. The number of nitrogens with two attached hydrogens (primary N) is 1. The van der Waals surface area contributed by atoms with Gasteiger partial charge in [-0.25, -0.2) is 4.39 Å². The van der Waals surface area contributed by atoms with Crippen LogP contribution in [0.2, 0.25) is 10.0 Å². The van der Waals surface area contributed by atoms with Crippen molar-refractivity contribution in [3.05, 3.63) is 61.8 Å². The number of carbonyl (C=O) groups excluding carboxylic acids is 1. The Bertz CT molecular complexity index is 676. The Labute approximate surface area is 127 Å². The van der Waals surface area contributed by atoms with Crippen LogP contribution in [0.15, 0.2) is 34.8 Å². The van der Waals surface area contributed by atoms with Gasteiger partial charge in [0, 0.05) is 16.8 Å². The molecule has 0 saturated carbocycles. The highest BCUT2D eigenvalue weighted by atomic mass is 79.9. The van der Waals surface area contributed by atoms with Gasteiger partial charge in [-0.2, -0.15) is 0 Å². The summed E-state index contributed by atoms with van der Waals surface area (Å²) < 4.78 is 13.3. The van der Waals surface area contributed by atoms with Gasteiger partial charge in [0.15, 0.2) is 5.78 Å². The Balaban J connectivity index is 2.53. The summed E-state index contributed by atoms with van der Waals surface area (Å²) in [5.41, 5.74) is 6.44. The maximum absolute atomic E-state index is 13.1. The number of hydrogen-bond donors (Lipinski definition) is 1. The van der Waals surface area contributed by atoms with Crippen LogP contribution in [0.1, 0.15) is 15.9 Å². The molecule has 0 saturated heterocycles. The third-order valence-electron chi connectivity index (χ3n) is 2.48. The lowest BCUT2D eigenvalue weighted by atomic mass is 10.0. The normalized spacial score (nSPS) is 10.5. The molecule has 2 N–H and O–H groups in total. The van der Waals surface area contributed by atoms with Gasteiger partial charge in [-0.15, -0.1) is 0 Å². The average Bonchev–Trinajstić information content (AvgIpc) is 2.36. The number of ketones is 1. The smallest absolute Gasteiger partial charge is 0.194 e. The molecule has 0 aromatic heterocycles. The number of carbonyl (C=O) groups is 1. The van der Waals surface area contributed by atoms with Crippen LogP contribution in [-0.2, 0) is 0 Å². The van der Waals surface area contributed by atoms with E-state index in [1.165, 1.54) is 30.3 Å². The highest BCUT2D eigenvalue weighted by molar-refractivity contribution is 9.10. The van der Waals surface area contributed by atoms with Crippen LogP contribution in [0.4, 0.5) is 10.1 Å². The Morgan fingerprint density at radius 3 is 2.53 bits per heavy atom. The van der Waals surface area contributed by atoms with Crippen molar-refractivity contribution in [1.29, 1.82) is 0 Å². The first-order chi connectivity index (χ1) is 8.90. The Kier molecular flexibility index (Phi) is 4.13. The van der Waals surface area contributed by atoms with E-state index in [0.29, 0.717) is 5.69 Å². The molecule has 0 aliphatic rings. The monoisotopic (exact) mass is 361 g/mol. The number of anilines is 1. The number of benzene rings is 2. The maximum Gasteiger partial charge on any atom is 0.194 e. The molecule has 19 heavy (non-hydrogen) atoms. The molecule has 2 aromatic carbocycles. The molecule has 98 valence electrons. The fourth-order valence-electron chi connectivity index (χ4n) is 1.57. The zero-order chi connectivity index (χ0) is 14.2. The molecular formula is C13H7BrCl2FNO. The van der Waals surface area contributed by atoms with Gasteiger partial charge in [-0.1, -0.05) is 23.2 Å². The molecule has 0 aliphatic carbocycles. The Hall–Kier alpha value is -1.10. The highest BCUT2D eigenvalue weighted by Gasteiger charge is 2.17. The first-order valence-electron chi connectivity index (χ1n) is 5.14. The summed E-state index contributed by atoms with van der Waals surface area (Å²) in [4.78, 5) is 12.3. The lowest BCUT2D eigenvalue weighted by Gasteiger charge is -2.07. The standard InChI is InChI=1S/C13H7BrCl2FNO/c14-9-3-6(1-2-11(9)17)13(19)8-4-7(18)5-10(15)12(8)16/h1-5H,18H2. The van der Waals surface area contributed by atoms with Gasteiger partial charge < -0.3 is 5.73 Å². The maximum atomic E-state index is 13.1. The molecule has 2 nitrogen and oxygen atoms in total. The molecular weight excluding hydrogens is 356 g/mol. The fraction of sp³-hybridized carbons (Fsp3) is 0. The van der Waals surface area contributed by atoms with E-state index in [-0.39, 0.29) is 31.4 Å². The summed E-state index contributed by atoms with van der Waals surface area (Å²) in [5.74, 6) is -0.826. The topological polar surface area (TPSA) is 43.1 Å². The minimum Gasteiger partial charge on any atom is -0.399 e. The van der Waals surface area contributed by atoms with Crippen molar-refractivity contribution in [2.45, 2.75) is 0 Å². The van der Waals surface area contributed by atoms with Gasteiger partial charge in [0.1, 0.15) is 5.82 Å². The van der Waals surface area contributed by atoms with Gasteiger partial charge in [0.2, 0.25) is 0 Å². The first-order valence-corrected chi connectivity index (χ1v) is 6.69. The lowest BCUT2D eigenvalue weighted by molar-refractivity contribution is 0.103. The minimum absolute atomic E-state index is 0.126. The summed E-state index contributed by atoms with van der Waals surface area (Å²) in [7, 11) is 0. The van der Waals surface area contributed by atoms with E-state index in [4.69, 9.17) is 28.9 Å². The molecule has 0 spiro atoms. The zero-order valence-electron chi connectivity index (χ0n) is 9.38. The molecule has 0 aliphatic heterocycles. The van der Waals surface area contributed by atoms with E-state index in [2.05, 4.69) is 15.9 Å². The van der Waals surface area contributed by atoms with Crippen molar-refractivity contribution in [3.63, 3.8) is 0 Å². The van der Waals surface area contributed by atoms with E-state index in [0.717, 1.165) is 0 Å². The quantitative estimate of drug-likeness (QED) is 0.621. The van der Waals surface area contributed by atoms with Crippen LogP contribution in [0.5, 0.6) is 0 Å². The van der Waals surface area contributed by atoms with Crippen molar-refractivity contribution in [2.24, 2.45) is 0 Å². The summed E-state index contributed by atoms with van der Waals surface area (Å²) in [5, 5.41) is 0.326. The van der Waals surface area contributed by atoms with Crippen molar-refractivity contribution in [2.75, 3.05) is 5.73 Å². The van der Waals surface area contributed by atoms with Gasteiger partial charge in [0.05, 0.1) is 14.5 Å². The van der Waals surface area contributed by atoms with Crippen LogP contribution in [0.3, 0.4) is 0 Å². The minimum atomic E-state index is -0.451. The van der Waals surface area contributed by atoms with Crippen LogP contribution < -0.4 is 5.73 Å². The molecule has 0 heterocycles. The highest BCUT2D eigenvalue weighted by Crippen LogP contribution is 2.31. The third-order valence-corrected chi connectivity index (χ3v) is 3.89. The van der Waals surface area contributed by atoms with Gasteiger partial charge >= 0.3 is 0 Å². The van der Waals surface area contributed by atoms with E-state index >= 15 is 0 Å². The van der Waals surface area contributed by atoms with Gasteiger partial charge in [-0.05, 0) is 46.3 Å². The number of hydrogen-bond acceptors (Lipinski definition) is 2. The van der Waals surface area contributed by atoms with Crippen molar-refractivity contribution >= 4 is 50.6 Å². The molecule has 0 unspecified atom stereocenters. The molecule has 0 radical (unpaired) electrons. The number of halogens is 4. The van der Waals surface area contributed by atoms with Gasteiger partial charge in [0.25, 0.3) is 0 Å². The third kappa shape index (κ3) is 2.91. The zero-order valence-corrected chi connectivity index (χ0v) is 12.5. The predicted molar refractivity (Wildman–Crippen MR) is 78.4 cm³/mol. The van der Waals surface area contributed by atoms with Crippen molar-refractivity contribution in [1.82, 2.24) is 0 Å². The SMILES string of the molecule is Nc1cc(Cl)c(Cl)c(C(=O)c2ccc(F)c(Br)c2)c1. The van der Waals surface area contributed by atoms with Gasteiger partial charge in [-0.3, -0.25) is 4.79 Å². The number of rotatable bonds is 2. The average molecular weight is 363 g/mol. The molecule has 0 bridgehead atoms. The number of nitrogen functional groups attached to an aromatic ring is 1. The van der Waals surface area contributed by atoms with E-state index in [1.54, 1.807) is 0 Å². The Morgan fingerprint density at radius 1 is 1.21 bits per heavy atom. The lowest BCUT2D eigenvalue weighted by Crippen LogP contribution is -2.04. The van der Waals surface area contributed by atoms with Crippen LogP contribution in [0, 0.1) is 5.82 Å². The summed E-state index contributed by atoms with van der Waals surface area (Å²) >= 11 is 14.9. The van der Waals surface area contributed by atoms with E-state index in [1.807, 2.05) is 0 Å². The summed E-state index contributed by atoms with van der Waals surface area (Å²) in [6, 6.07) is 6.84. The van der Waals surface area contributed by atoms with Crippen LogP contribution >= 0.6 is 39.1 Å². The largest absolute Gasteiger partial charge is 0.399 e. The molecule has 2 rings (SSSR count). The molecule has 0 amide bonds. The molecule has 0 fully saturated rings. The fourth-order valence-corrected chi connectivity index (χ4v) is 2.37. The van der Waals surface area contributed by atoms with Crippen molar-refractivity contribution < 1.29 is 9.18 Å². The molecule has 2 aromatic rings. The van der Waals surface area contributed by atoms with E-state index in [9.17, 15) is 9.18 Å².